The molecule has 3 atom stereocenters. The van der Waals surface area contributed by atoms with Crippen molar-refractivity contribution in [1.29, 1.82) is 5.41 Å². The van der Waals surface area contributed by atoms with Crippen LogP contribution in [0.25, 0.3) is 0 Å². The first-order chi connectivity index (χ1) is 8.97. The van der Waals surface area contributed by atoms with Gasteiger partial charge in [-0.05, 0) is 61.8 Å². The van der Waals surface area contributed by atoms with Crippen molar-refractivity contribution >= 4 is 5.84 Å². The van der Waals surface area contributed by atoms with Crippen molar-refractivity contribution in [2.75, 3.05) is 0 Å². The third kappa shape index (κ3) is 3.28. The second kappa shape index (κ2) is 5.64. The van der Waals surface area contributed by atoms with Crippen molar-refractivity contribution in [3.05, 3.63) is 29.3 Å². The molecule has 1 aliphatic carbocycles. The van der Waals surface area contributed by atoms with Gasteiger partial charge in [0, 0.05) is 5.56 Å². The van der Waals surface area contributed by atoms with Crippen LogP contribution in [0.5, 0.6) is 5.75 Å². The topological polar surface area (TPSA) is 59.1 Å². The molecule has 0 bridgehead atoms. The Morgan fingerprint density at radius 3 is 2.58 bits per heavy atom. The standard InChI is InChI=1S/C16H24N2O/c1-10-4-5-13(8-11(10)2)19-14-6-7-15(16(17)18)12(3)9-14/h6-7,9-11,13H,4-5,8H2,1-3H3,(H3,17,18). The van der Waals surface area contributed by atoms with Gasteiger partial charge in [0.15, 0.2) is 0 Å². The molecule has 3 unspecified atom stereocenters. The minimum absolute atomic E-state index is 0.115. The van der Waals surface area contributed by atoms with E-state index in [0.717, 1.165) is 41.6 Å². The Morgan fingerprint density at radius 1 is 1.26 bits per heavy atom. The molecular formula is C16H24N2O. The Bertz CT molecular complexity index is 470. The quantitative estimate of drug-likeness (QED) is 0.645. The van der Waals surface area contributed by atoms with Crippen molar-refractivity contribution in [3.63, 3.8) is 0 Å². The van der Waals surface area contributed by atoms with E-state index in [4.69, 9.17) is 15.9 Å². The number of nitrogens with two attached hydrogens (primary N) is 1. The smallest absolute Gasteiger partial charge is 0.123 e. The van der Waals surface area contributed by atoms with Crippen LogP contribution in [-0.2, 0) is 0 Å². The molecule has 3 heteroatoms. The molecule has 1 aromatic rings. The lowest BCUT2D eigenvalue weighted by atomic mass is 9.80. The molecule has 2 rings (SSSR count). The van der Waals surface area contributed by atoms with Crippen LogP contribution in [0.3, 0.4) is 0 Å². The molecule has 0 saturated heterocycles. The predicted molar refractivity (Wildman–Crippen MR) is 78.8 cm³/mol. The molecule has 3 N–H and O–H groups in total. The van der Waals surface area contributed by atoms with Gasteiger partial charge in [0.25, 0.3) is 0 Å². The lowest BCUT2D eigenvalue weighted by Gasteiger charge is -2.32. The molecule has 0 radical (unpaired) electrons. The number of nitrogens with one attached hydrogen (secondary N) is 1. The van der Waals surface area contributed by atoms with Crippen LogP contribution in [0.4, 0.5) is 0 Å². The van der Waals surface area contributed by atoms with Crippen LogP contribution in [0.15, 0.2) is 18.2 Å². The van der Waals surface area contributed by atoms with Gasteiger partial charge >= 0.3 is 0 Å². The zero-order valence-corrected chi connectivity index (χ0v) is 12.1. The van der Waals surface area contributed by atoms with E-state index in [1.165, 1.54) is 6.42 Å². The van der Waals surface area contributed by atoms with Crippen molar-refractivity contribution in [2.24, 2.45) is 17.6 Å². The van der Waals surface area contributed by atoms with E-state index in [2.05, 4.69) is 13.8 Å². The molecule has 0 spiro atoms. The first kappa shape index (κ1) is 13.9. The van der Waals surface area contributed by atoms with Crippen molar-refractivity contribution in [2.45, 2.75) is 46.1 Å². The molecule has 1 fully saturated rings. The maximum absolute atomic E-state index is 7.49. The molecule has 1 saturated carbocycles. The fourth-order valence-corrected chi connectivity index (χ4v) is 2.81. The summed E-state index contributed by atoms with van der Waals surface area (Å²) in [4.78, 5) is 0. The number of amidine groups is 1. The van der Waals surface area contributed by atoms with E-state index >= 15 is 0 Å². The average molecular weight is 260 g/mol. The van der Waals surface area contributed by atoms with Crippen LogP contribution in [0.2, 0.25) is 0 Å². The van der Waals surface area contributed by atoms with Crippen LogP contribution in [-0.4, -0.2) is 11.9 Å². The highest BCUT2D eigenvalue weighted by Gasteiger charge is 2.25. The average Bonchev–Trinajstić information content (AvgIpc) is 2.33. The molecule has 0 heterocycles. The van der Waals surface area contributed by atoms with Gasteiger partial charge in [-0.2, -0.15) is 0 Å². The van der Waals surface area contributed by atoms with E-state index in [9.17, 15) is 0 Å². The lowest BCUT2D eigenvalue weighted by Crippen LogP contribution is -2.28. The Hall–Kier alpha value is -1.51. The molecule has 3 nitrogen and oxygen atoms in total. The fourth-order valence-electron chi connectivity index (χ4n) is 2.81. The highest BCUT2D eigenvalue weighted by atomic mass is 16.5. The second-order valence-corrected chi connectivity index (χ2v) is 5.90. The zero-order valence-electron chi connectivity index (χ0n) is 12.1. The zero-order chi connectivity index (χ0) is 14.0. The summed E-state index contributed by atoms with van der Waals surface area (Å²) in [5, 5.41) is 7.49. The monoisotopic (exact) mass is 260 g/mol. The third-order valence-electron chi connectivity index (χ3n) is 4.34. The largest absolute Gasteiger partial charge is 0.490 e. The summed E-state index contributed by atoms with van der Waals surface area (Å²) in [6.45, 7) is 6.60. The number of rotatable bonds is 3. The lowest BCUT2D eigenvalue weighted by molar-refractivity contribution is 0.101. The second-order valence-electron chi connectivity index (χ2n) is 5.90. The van der Waals surface area contributed by atoms with Gasteiger partial charge in [-0.3, -0.25) is 5.41 Å². The molecule has 104 valence electrons. The summed E-state index contributed by atoms with van der Waals surface area (Å²) in [5.74, 6) is 2.55. The SMILES string of the molecule is Cc1cc(OC2CCC(C)C(C)C2)ccc1C(=N)N. The molecule has 0 aliphatic heterocycles. The van der Waals surface area contributed by atoms with E-state index in [1.807, 2.05) is 25.1 Å². The Balaban J connectivity index is 2.04. The van der Waals surface area contributed by atoms with Crippen LogP contribution >= 0.6 is 0 Å². The Morgan fingerprint density at radius 2 is 2.00 bits per heavy atom. The number of nitrogen functional groups attached to an aromatic ring is 1. The van der Waals surface area contributed by atoms with Crippen molar-refractivity contribution < 1.29 is 4.74 Å². The van der Waals surface area contributed by atoms with Crippen molar-refractivity contribution in [3.8, 4) is 5.75 Å². The summed E-state index contributed by atoms with van der Waals surface area (Å²) in [7, 11) is 0. The van der Waals surface area contributed by atoms with Gasteiger partial charge in [0.1, 0.15) is 11.6 Å². The molecule has 0 amide bonds. The first-order valence-electron chi connectivity index (χ1n) is 7.09. The summed E-state index contributed by atoms with van der Waals surface area (Å²) in [5.41, 5.74) is 7.32. The minimum atomic E-state index is 0.115. The number of ether oxygens (including phenoxy) is 1. The normalized spacial score (nSPS) is 27.0. The summed E-state index contributed by atoms with van der Waals surface area (Å²) < 4.78 is 6.08. The third-order valence-corrected chi connectivity index (χ3v) is 4.34. The van der Waals surface area contributed by atoms with Gasteiger partial charge in [0.2, 0.25) is 0 Å². The summed E-state index contributed by atoms with van der Waals surface area (Å²) >= 11 is 0. The molecular weight excluding hydrogens is 236 g/mol. The Labute approximate surface area is 115 Å². The predicted octanol–water partition coefficient (Wildman–Crippen LogP) is 3.48. The van der Waals surface area contributed by atoms with Crippen LogP contribution < -0.4 is 10.5 Å². The van der Waals surface area contributed by atoms with E-state index in [0.29, 0.717) is 6.10 Å². The van der Waals surface area contributed by atoms with Crippen LogP contribution in [0, 0.1) is 24.2 Å². The summed E-state index contributed by atoms with van der Waals surface area (Å²) in [6.07, 6.45) is 3.85. The summed E-state index contributed by atoms with van der Waals surface area (Å²) in [6, 6.07) is 5.79. The highest BCUT2D eigenvalue weighted by molar-refractivity contribution is 5.96. The molecule has 1 aliphatic rings. The maximum atomic E-state index is 7.49. The number of hydrogen-bond donors (Lipinski definition) is 2. The van der Waals surface area contributed by atoms with E-state index < -0.39 is 0 Å². The van der Waals surface area contributed by atoms with Crippen molar-refractivity contribution in [1.82, 2.24) is 0 Å². The van der Waals surface area contributed by atoms with E-state index in [-0.39, 0.29) is 5.84 Å². The van der Waals surface area contributed by atoms with Gasteiger partial charge in [0.05, 0.1) is 6.10 Å². The van der Waals surface area contributed by atoms with E-state index in [1.54, 1.807) is 0 Å². The van der Waals surface area contributed by atoms with Crippen LogP contribution in [0.1, 0.15) is 44.2 Å². The van der Waals surface area contributed by atoms with Gasteiger partial charge < -0.3 is 10.5 Å². The number of hydrogen-bond acceptors (Lipinski definition) is 2. The van der Waals surface area contributed by atoms with Gasteiger partial charge in [-0.15, -0.1) is 0 Å². The molecule has 0 aromatic heterocycles. The number of aryl methyl sites for hydroxylation is 1. The first-order valence-corrected chi connectivity index (χ1v) is 7.09. The highest BCUT2D eigenvalue weighted by Crippen LogP contribution is 2.32. The fraction of sp³-hybridized carbons (Fsp3) is 0.562. The minimum Gasteiger partial charge on any atom is -0.490 e. The number of benzene rings is 1. The van der Waals surface area contributed by atoms with Gasteiger partial charge in [-0.25, -0.2) is 0 Å². The molecule has 1 aromatic carbocycles. The van der Waals surface area contributed by atoms with Gasteiger partial charge in [-0.1, -0.05) is 13.8 Å². The maximum Gasteiger partial charge on any atom is 0.123 e. The Kier molecular flexibility index (Phi) is 4.13. The molecule has 19 heavy (non-hydrogen) atoms.